The lowest BCUT2D eigenvalue weighted by Gasteiger charge is -2.03. The summed E-state index contributed by atoms with van der Waals surface area (Å²) in [6.07, 6.45) is 1.77. The number of rotatable bonds is 1. The molecule has 0 saturated carbocycles. The van der Waals surface area contributed by atoms with Crippen molar-refractivity contribution in [3.63, 3.8) is 0 Å². The van der Waals surface area contributed by atoms with Crippen molar-refractivity contribution >= 4 is 31.9 Å². The molecule has 0 saturated heterocycles. The van der Waals surface area contributed by atoms with E-state index in [0.717, 1.165) is 20.2 Å². The summed E-state index contributed by atoms with van der Waals surface area (Å²) in [7, 11) is 0. The maximum Gasteiger partial charge on any atom is 0.113 e. The molecule has 0 aliphatic carbocycles. The lowest BCUT2D eigenvalue weighted by molar-refractivity contribution is 1.26. The van der Waals surface area contributed by atoms with Gasteiger partial charge in [0, 0.05) is 16.2 Å². The van der Waals surface area contributed by atoms with E-state index in [1.54, 1.807) is 6.20 Å². The highest BCUT2D eigenvalue weighted by Gasteiger charge is 2.03. The molecule has 0 spiro atoms. The van der Waals surface area contributed by atoms with E-state index in [1.165, 1.54) is 0 Å². The van der Waals surface area contributed by atoms with Crippen LogP contribution in [0.1, 0.15) is 0 Å². The van der Waals surface area contributed by atoms with E-state index in [-0.39, 0.29) is 0 Å². The Morgan fingerprint density at radius 2 is 1.71 bits per heavy atom. The van der Waals surface area contributed by atoms with Gasteiger partial charge in [0.05, 0.1) is 0 Å². The van der Waals surface area contributed by atoms with Crippen molar-refractivity contribution in [2.45, 2.75) is 0 Å². The number of benzene rings is 1. The van der Waals surface area contributed by atoms with Gasteiger partial charge in [-0.15, -0.1) is 0 Å². The van der Waals surface area contributed by atoms with Gasteiger partial charge in [-0.05, 0) is 43.5 Å². The molecule has 0 aliphatic heterocycles. The molecule has 2 aromatic rings. The minimum absolute atomic E-state index is 0.868. The van der Waals surface area contributed by atoms with Gasteiger partial charge in [-0.1, -0.05) is 30.3 Å². The molecule has 14 heavy (non-hydrogen) atoms. The minimum atomic E-state index is 0.868. The van der Waals surface area contributed by atoms with Crippen LogP contribution >= 0.6 is 31.9 Å². The highest BCUT2D eigenvalue weighted by molar-refractivity contribution is 9.11. The monoisotopic (exact) mass is 311 g/mol. The van der Waals surface area contributed by atoms with Crippen LogP contribution in [-0.2, 0) is 0 Å². The lowest BCUT2D eigenvalue weighted by atomic mass is 10.1. The predicted octanol–water partition coefficient (Wildman–Crippen LogP) is 4.27. The molecule has 2 rings (SSSR count). The quantitative estimate of drug-likeness (QED) is 0.716. The van der Waals surface area contributed by atoms with Crippen LogP contribution in [0.15, 0.2) is 51.7 Å². The maximum atomic E-state index is 4.22. The summed E-state index contributed by atoms with van der Waals surface area (Å²) < 4.78 is 1.85. The molecule has 1 nitrogen and oxygen atoms in total. The molecule has 0 unspecified atom stereocenters. The molecule has 1 aromatic heterocycles. The van der Waals surface area contributed by atoms with Crippen LogP contribution in [-0.4, -0.2) is 4.98 Å². The van der Waals surface area contributed by atoms with Gasteiger partial charge in [0.1, 0.15) is 4.60 Å². The summed E-state index contributed by atoms with van der Waals surface area (Å²) in [4.78, 5) is 4.22. The summed E-state index contributed by atoms with van der Waals surface area (Å²) in [5.74, 6) is 0. The van der Waals surface area contributed by atoms with Crippen molar-refractivity contribution in [3.8, 4) is 11.1 Å². The van der Waals surface area contributed by atoms with E-state index < -0.39 is 0 Å². The van der Waals surface area contributed by atoms with Crippen molar-refractivity contribution in [2.24, 2.45) is 0 Å². The smallest absolute Gasteiger partial charge is 0.113 e. The second-order valence-corrected chi connectivity index (χ2v) is 4.52. The molecule has 0 bridgehead atoms. The molecule has 0 radical (unpaired) electrons. The average Bonchev–Trinajstić information content (AvgIpc) is 2.23. The zero-order valence-electron chi connectivity index (χ0n) is 7.24. The van der Waals surface area contributed by atoms with E-state index in [4.69, 9.17) is 0 Å². The van der Waals surface area contributed by atoms with E-state index in [0.29, 0.717) is 0 Å². The van der Waals surface area contributed by atoms with Gasteiger partial charge in [0.15, 0.2) is 0 Å². The fourth-order valence-corrected chi connectivity index (χ4v) is 2.02. The van der Waals surface area contributed by atoms with Crippen LogP contribution < -0.4 is 0 Å². The molecule has 0 aliphatic rings. The fraction of sp³-hybridized carbons (Fsp3) is 0. The molecule has 0 fully saturated rings. The Kier molecular flexibility index (Phi) is 2.99. The number of hydrogen-bond acceptors (Lipinski definition) is 1. The first-order chi connectivity index (χ1) is 6.77. The standard InChI is InChI=1S/C11H7Br2N/c12-9-6-10(11(13)14-7-9)8-4-2-1-3-5-8/h1-7H. The van der Waals surface area contributed by atoms with Crippen LogP contribution in [0.4, 0.5) is 0 Å². The van der Waals surface area contributed by atoms with Gasteiger partial charge < -0.3 is 0 Å². The number of aromatic nitrogens is 1. The van der Waals surface area contributed by atoms with E-state index in [1.807, 2.05) is 24.3 Å². The summed E-state index contributed by atoms with van der Waals surface area (Å²) in [5, 5.41) is 0. The normalized spacial score (nSPS) is 10.1. The molecule has 0 N–H and O–H groups in total. The van der Waals surface area contributed by atoms with Gasteiger partial charge in [0.2, 0.25) is 0 Å². The van der Waals surface area contributed by atoms with E-state index in [2.05, 4.69) is 49.0 Å². The minimum Gasteiger partial charge on any atom is -0.248 e. The van der Waals surface area contributed by atoms with Crippen LogP contribution in [0.3, 0.4) is 0 Å². The van der Waals surface area contributed by atoms with Gasteiger partial charge >= 0.3 is 0 Å². The summed E-state index contributed by atoms with van der Waals surface area (Å²) in [6.45, 7) is 0. The molecule has 3 heteroatoms. The third-order valence-electron chi connectivity index (χ3n) is 1.89. The van der Waals surface area contributed by atoms with Gasteiger partial charge in [-0.2, -0.15) is 0 Å². The zero-order valence-corrected chi connectivity index (χ0v) is 10.4. The summed E-state index contributed by atoms with van der Waals surface area (Å²) in [6, 6.07) is 12.2. The van der Waals surface area contributed by atoms with Crippen LogP contribution in [0, 0.1) is 0 Å². The Hall–Kier alpha value is -0.670. The Balaban J connectivity index is 2.57. The highest BCUT2D eigenvalue weighted by Crippen LogP contribution is 2.28. The Morgan fingerprint density at radius 1 is 1.00 bits per heavy atom. The predicted molar refractivity (Wildman–Crippen MR) is 65.1 cm³/mol. The van der Waals surface area contributed by atoms with Crippen molar-refractivity contribution in [2.75, 3.05) is 0 Å². The topological polar surface area (TPSA) is 12.9 Å². The Bertz CT molecular complexity index is 440. The fourth-order valence-electron chi connectivity index (χ4n) is 1.24. The highest BCUT2D eigenvalue weighted by atomic mass is 79.9. The number of hydrogen-bond donors (Lipinski definition) is 0. The third kappa shape index (κ3) is 2.04. The van der Waals surface area contributed by atoms with Gasteiger partial charge in [-0.25, -0.2) is 4.98 Å². The maximum absolute atomic E-state index is 4.22. The molecular weight excluding hydrogens is 306 g/mol. The van der Waals surface area contributed by atoms with Crippen LogP contribution in [0.25, 0.3) is 11.1 Å². The number of nitrogens with zero attached hydrogens (tertiary/aromatic N) is 1. The first-order valence-electron chi connectivity index (χ1n) is 4.14. The first kappa shape index (κ1) is 9.87. The summed E-state index contributed by atoms with van der Waals surface area (Å²) >= 11 is 6.85. The van der Waals surface area contributed by atoms with Crippen LogP contribution in [0.5, 0.6) is 0 Å². The average molecular weight is 313 g/mol. The van der Waals surface area contributed by atoms with Crippen molar-refractivity contribution < 1.29 is 0 Å². The SMILES string of the molecule is Brc1cnc(Br)c(-c2ccccc2)c1. The van der Waals surface area contributed by atoms with Crippen LogP contribution in [0.2, 0.25) is 0 Å². The second-order valence-electron chi connectivity index (χ2n) is 2.86. The van der Waals surface area contributed by atoms with Crippen molar-refractivity contribution in [3.05, 3.63) is 51.7 Å². The summed E-state index contributed by atoms with van der Waals surface area (Å²) in [5.41, 5.74) is 2.26. The molecule has 1 heterocycles. The number of pyridine rings is 1. The molecule has 70 valence electrons. The van der Waals surface area contributed by atoms with E-state index >= 15 is 0 Å². The third-order valence-corrected chi connectivity index (χ3v) is 2.96. The van der Waals surface area contributed by atoms with Crippen molar-refractivity contribution in [1.82, 2.24) is 4.98 Å². The first-order valence-corrected chi connectivity index (χ1v) is 5.72. The molecule has 0 atom stereocenters. The van der Waals surface area contributed by atoms with E-state index in [9.17, 15) is 0 Å². The van der Waals surface area contributed by atoms with Gasteiger partial charge in [0.25, 0.3) is 0 Å². The zero-order chi connectivity index (χ0) is 9.97. The molecule has 0 amide bonds. The Labute approximate surface area is 99.4 Å². The second kappa shape index (κ2) is 4.24. The number of halogens is 2. The van der Waals surface area contributed by atoms with Gasteiger partial charge in [-0.3, -0.25) is 0 Å². The van der Waals surface area contributed by atoms with Crippen molar-refractivity contribution in [1.29, 1.82) is 0 Å². The molecule has 1 aromatic carbocycles. The lowest BCUT2D eigenvalue weighted by Crippen LogP contribution is -1.83. The Morgan fingerprint density at radius 3 is 2.43 bits per heavy atom. The largest absolute Gasteiger partial charge is 0.248 e. The molecular formula is C11H7Br2N.